The molecule has 0 spiro atoms. The van der Waals surface area contributed by atoms with Crippen molar-refractivity contribution in [2.45, 2.75) is 55.9 Å². The number of nitrogens with two attached hydrogens (primary N) is 1. The topological polar surface area (TPSA) is 115 Å². The van der Waals surface area contributed by atoms with Gasteiger partial charge >= 0.3 is 0 Å². The summed E-state index contributed by atoms with van der Waals surface area (Å²) >= 11 is 0. The second-order valence-corrected chi connectivity index (χ2v) is 8.53. The van der Waals surface area contributed by atoms with Crippen LogP contribution in [-0.2, 0) is 10.0 Å². The lowest BCUT2D eigenvalue weighted by Crippen LogP contribution is -2.16. The van der Waals surface area contributed by atoms with Gasteiger partial charge in [-0.1, -0.05) is 31.4 Å². The number of aliphatic hydroxyl groups is 1. The molecule has 2 aromatic rings. The van der Waals surface area contributed by atoms with E-state index >= 15 is 0 Å². The minimum absolute atomic E-state index is 0.0308. The molecule has 1 aromatic heterocycles. The molecule has 146 valence electrons. The van der Waals surface area contributed by atoms with Gasteiger partial charge in [-0.3, -0.25) is 9.48 Å². The Morgan fingerprint density at radius 1 is 1.19 bits per heavy atom. The summed E-state index contributed by atoms with van der Waals surface area (Å²) in [6, 6.07) is 8.31. The van der Waals surface area contributed by atoms with Crippen molar-refractivity contribution in [3.05, 3.63) is 36.0 Å². The lowest BCUT2D eigenvalue weighted by molar-refractivity contribution is 0.0965. The summed E-state index contributed by atoms with van der Waals surface area (Å²) in [6.07, 6.45) is 6.14. The molecule has 0 amide bonds. The van der Waals surface area contributed by atoms with Crippen LogP contribution in [0.2, 0.25) is 0 Å². The van der Waals surface area contributed by atoms with Gasteiger partial charge < -0.3 is 5.11 Å². The van der Waals surface area contributed by atoms with Gasteiger partial charge in [-0.2, -0.15) is 5.10 Å². The number of hydrogen-bond donors (Lipinski definition) is 2. The predicted octanol–water partition coefficient (Wildman–Crippen LogP) is 2.66. The van der Waals surface area contributed by atoms with Crippen LogP contribution in [0.5, 0.6) is 0 Å². The van der Waals surface area contributed by atoms with E-state index in [2.05, 4.69) is 5.10 Å². The number of benzene rings is 1. The van der Waals surface area contributed by atoms with Gasteiger partial charge in [-0.25, -0.2) is 13.6 Å². The van der Waals surface area contributed by atoms with E-state index in [9.17, 15) is 13.2 Å². The van der Waals surface area contributed by atoms with Crippen LogP contribution >= 0.6 is 0 Å². The van der Waals surface area contributed by atoms with Crippen molar-refractivity contribution in [2.24, 2.45) is 5.14 Å². The molecule has 1 fully saturated rings. The minimum atomic E-state index is -3.75. The first-order valence-corrected chi connectivity index (χ1v) is 10.8. The maximum Gasteiger partial charge on any atom is 0.238 e. The largest absolute Gasteiger partial charge is 0.396 e. The van der Waals surface area contributed by atoms with E-state index in [1.807, 2.05) is 4.68 Å². The Labute approximate surface area is 159 Å². The smallest absolute Gasteiger partial charge is 0.238 e. The molecule has 0 saturated heterocycles. The first-order chi connectivity index (χ1) is 12.9. The summed E-state index contributed by atoms with van der Waals surface area (Å²) in [7, 11) is -3.75. The van der Waals surface area contributed by atoms with Gasteiger partial charge in [0.25, 0.3) is 0 Å². The summed E-state index contributed by atoms with van der Waals surface area (Å²) < 4.78 is 24.9. The number of ketones is 1. The number of nitrogens with zero attached hydrogens (tertiary/aromatic N) is 2. The molecule has 1 aromatic carbocycles. The summed E-state index contributed by atoms with van der Waals surface area (Å²) in [5.74, 6) is -0.0963. The monoisotopic (exact) mass is 391 g/mol. The molecule has 7 nitrogen and oxygen atoms in total. The predicted molar refractivity (Wildman–Crippen MR) is 102 cm³/mol. The van der Waals surface area contributed by atoms with Crippen molar-refractivity contribution < 1.29 is 18.3 Å². The number of Topliss-reactive ketones (excluding diaryl/α,β-unsaturated/α-hetero) is 1. The Morgan fingerprint density at radius 3 is 2.44 bits per heavy atom. The van der Waals surface area contributed by atoms with Crippen LogP contribution in [0, 0.1) is 0 Å². The van der Waals surface area contributed by atoms with Crippen LogP contribution in [0.1, 0.15) is 61.5 Å². The molecular formula is C19H25N3O4S. The highest BCUT2D eigenvalue weighted by molar-refractivity contribution is 7.89. The van der Waals surface area contributed by atoms with E-state index in [0.717, 1.165) is 36.9 Å². The molecule has 1 aliphatic carbocycles. The van der Waals surface area contributed by atoms with Gasteiger partial charge in [0.1, 0.15) is 5.69 Å². The zero-order chi connectivity index (χ0) is 19.4. The molecule has 0 radical (unpaired) electrons. The number of sulfonamides is 1. The van der Waals surface area contributed by atoms with Gasteiger partial charge in [0.15, 0.2) is 5.78 Å². The number of aliphatic hydroxyl groups excluding tert-OH is 1. The highest BCUT2D eigenvalue weighted by atomic mass is 32.2. The van der Waals surface area contributed by atoms with E-state index in [1.165, 1.54) is 18.6 Å². The average molecular weight is 391 g/mol. The number of rotatable bonds is 7. The van der Waals surface area contributed by atoms with Gasteiger partial charge in [0, 0.05) is 13.0 Å². The molecule has 27 heavy (non-hydrogen) atoms. The fourth-order valence-electron chi connectivity index (χ4n) is 3.53. The van der Waals surface area contributed by atoms with Crippen molar-refractivity contribution in [3.63, 3.8) is 0 Å². The van der Waals surface area contributed by atoms with Gasteiger partial charge in [0.05, 0.1) is 16.6 Å². The average Bonchev–Trinajstić information content (AvgIpc) is 3.12. The quantitative estimate of drug-likeness (QED) is 0.704. The third kappa shape index (κ3) is 4.63. The zero-order valence-corrected chi connectivity index (χ0v) is 16.0. The Kier molecular flexibility index (Phi) is 6.08. The molecule has 1 saturated carbocycles. The van der Waals surface area contributed by atoms with Crippen LogP contribution in [0.15, 0.2) is 35.2 Å². The Morgan fingerprint density at radius 2 is 1.85 bits per heavy atom. The molecule has 1 heterocycles. The summed E-state index contributed by atoms with van der Waals surface area (Å²) in [4.78, 5) is 12.4. The van der Waals surface area contributed by atoms with E-state index in [0.29, 0.717) is 12.1 Å². The van der Waals surface area contributed by atoms with E-state index in [4.69, 9.17) is 10.2 Å². The Hall–Kier alpha value is -2.03. The number of hydrogen-bond acceptors (Lipinski definition) is 5. The molecule has 0 aliphatic heterocycles. The van der Waals surface area contributed by atoms with Crippen molar-refractivity contribution in [1.29, 1.82) is 0 Å². The van der Waals surface area contributed by atoms with Crippen molar-refractivity contribution in [3.8, 4) is 11.3 Å². The fourth-order valence-corrected chi connectivity index (χ4v) is 4.05. The lowest BCUT2D eigenvalue weighted by atomic mass is 9.95. The summed E-state index contributed by atoms with van der Waals surface area (Å²) in [5.41, 5.74) is 1.98. The number of carbonyl (C=O) groups is 1. The minimum Gasteiger partial charge on any atom is -0.396 e. The van der Waals surface area contributed by atoms with Gasteiger partial charge in [-0.15, -0.1) is 0 Å². The Balaban J connectivity index is 1.98. The molecule has 0 bridgehead atoms. The zero-order valence-electron chi connectivity index (χ0n) is 15.2. The standard InChI is InChI=1S/C19H25N3O4S/c20-27(25,26)16-10-8-14(9-11-16)18-13-17(19(24)7-4-12-23)21-22(18)15-5-2-1-3-6-15/h8-11,13,15,23H,1-7,12H2,(H2,20,25,26). The molecule has 8 heteroatoms. The second kappa shape index (κ2) is 8.33. The van der Waals surface area contributed by atoms with Crippen molar-refractivity contribution in [2.75, 3.05) is 6.61 Å². The summed E-state index contributed by atoms with van der Waals surface area (Å²) in [5, 5.41) is 18.7. The number of carbonyl (C=O) groups excluding carboxylic acids is 1. The van der Waals surface area contributed by atoms with E-state index < -0.39 is 10.0 Å². The molecule has 3 N–H and O–H groups in total. The second-order valence-electron chi connectivity index (χ2n) is 6.97. The highest BCUT2D eigenvalue weighted by Crippen LogP contribution is 2.33. The lowest BCUT2D eigenvalue weighted by Gasteiger charge is -2.24. The molecule has 1 aliphatic rings. The number of aromatic nitrogens is 2. The van der Waals surface area contributed by atoms with Gasteiger partial charge in [-0.05, 0) is 43.0 Å². The molecule has 0 atom stereocenters. The maximum absolute atomic E-state index is 12.4. The summed E-state index contributed by atoms with van der Waals surface area (Å²) in [6.45, 7) is -0.0308. The maximum atomic E-state index is 12.4. The van der Waals surface area contributed by atoms with Crippen molar-refractivity contribution in [1.82, 2.24) is 9.78 Å². The van der Waals surface area contributed by atoms with Crippen LogP contribution in [-0.4, -0.2) is 35.7 Å². The van der Waals surface area contributed by atoms with E-state index in [-0.39, 0.29) is 29.7 Å². The van der Waals surface area contributed by atoms with Crippen LogP contribution in [0.4, 0.5) is 0 Å². The first kappa shape index (κ1) is 19.7. The van der Waals surface area contributed by atoms with Gasteiger partial charge in [0.2, 0.25) is 10.0 Å². The van der Waals surface area contributed by atoms with E-state index in [1.54, 1.807) is 18.2 Å². The fraction of sp³-hybridized carbons (Fsp3) is 0.474. The normalized spacial score (nSPS) is 15.8. The van der Waals surface area contributed by atoms with Crippen LogP contribution in [0.3, 0.4) is 0 Å². The van der Waals surface area contributed by atoms with Crippen LogP contribution in [0.25, 0.3) is 11.3 Å². The highest BCUT2D eigenvalue weighted by Gasteiger charge is 2.23. The molecule has 3 rings (SSSR count). The third-order valence-electron chi connectivity index (χ3n) is 4.98. The first-order valence-electron chi connectivity index (χ1n) is 9.27. The van der Waals surface area contributed by atoms with Crippen molar-refractivity contribution >= 4 is 15.8 Å². The third-order valence-corrected chi connectivity index (χ3v) is 5.91. The Bertz CT molecular complexity index is 898. The van der Waals surface area contributed by atoms with Crippen LogP contribution < -0.4 is 5.14 Å². The molecule has 0 unspecified atom stereocenters. The SMILES string of the molecule is NS(=O)(=O)c1ccc(-c2cc(C(=O)CCCO)nn2C2CCCCC2)cc1. The number of primary sulfonamides is 1. The molecular weight excluding hydrogens is 366 g/mol.